The Morgan fingerprint density at radius 1 is 0.939 bits per heavy atom. The molecule has 0 bridgehead atoms. The standard InChI is InChI=1S/C23H27Cl2N3O5/c1-23(2,3)33-22(31)27-14-19(29)26-11-12-32-20(30)13-15-7-4-5-10-18(15)28-21-16(24)8-6-9-17(21)25/h4-10,28H,11-14H2,1-3H3,(H,26,29)(H,27,31). The first-order chi connectivity index (χ1) is 15.5. The van der Waals surface area contributed by atoms with Crippen LogP contribution in [-0.4, -0.2) is 43.3 Å². The van der Waals surface area contributed by atoms with Gasteiger partial charge in [0, 0.05) is 5.69 Å². The van der Waals surface area contributed by atoms with Crippen molar-refractivity contribution in [3.05, 3.63) is 58.1 Å². The molecule has 0 unspecified atom stereocenters. The number of nitrogens with one attached hydrogen (secondary N) is 3. The molecular weight excluding hydrogens is 469 g/mol. The van der Waals surface area contributed by atoms with Gasteiger partial charge in [-0.05, 0) is 44.5 Å². The fourth-order valence-electron chi connectivity index (χ4n) is 2.64. The van der Waals surface area contributed by atoms with Crippen LogP contribution in [0.2, 0.25) is 10.0 Å². The summed E-state index contributed by atoms with van der Waals surface area (Å²) < 4.78 is 10.2. The van der Waals surface area contributed by atoms with Crippen molar-refractivity contribution in [2.45, 2.75) is 32.8 Å². The molecule has 10 heteroatoms. The Balaban J connectivity index is 1.77. The topological polar surface area (TPSA) is 106 Å². The third-order valence-corrected chi connectivity index (χ3v) is 4.68. The normalized spacial score (nSPS) is 10.8. The first-order valence-corrected chi connectivity index (χ1v) is 11.0. The van der Waals surface area contributed by atoms with E-state index in [4.69, 9.17) is 32.7 Å². The van der Waals surface area contributed by atoms with Crippen molar-refractivity contribution in [2.75, 3.05) is 25.0 Å². The maximum Gasteiger partial charge on any atom is 0.408 e. The number of rotatable bonds is 9. The van der Waals surface area contributed by atoms with Gasteiger partial charge in [0.15, 0.2) is 0 Å². The van der Waals surface area contributed by atoms with Crippen LogP contribution in [0.3, 0.4) is 0 Å². The number of benzene rings is 2. The summed E-state index contributed by atoms with van der Waals surface area (Å²) >= 11 is 12.4. The van der Waals surface area contributed by atoms with Gasteiger partial charge in [0.25, 0.3) is 0 Å². The zero-order valence-corrected chi connectivity index (χ0v) is 20.2. The average molecular weight is 496 g/mol. The highest BCUT2D eigenvalue weighted by molar-refractivity contribution is 6.39. The largest absolute Gasteiger partial charge is 0.464 e. The second-order valence-electron chi connectivity index (χ2n) is 7.98. The number of carbonyl (C=O) groups excluding carboxylic acids is 3. The van der Waals surface area contributed by atoms with Crippen LogP contribution in [-0.2, 0) is 25.5 Å². The van der Waals surface area contributed by atoms with Crippen LogP contribution in [0.5, 0.6) is 0 Å². The molecule has 0 heterocycles. The Morgan fingerprint density at radius 2 is 1.61 bits per heavy atom. The third kappa shape index (κ3) is 9.59. The zero-order chi connectivity index (χ0) is 24.4. The maximum absolute atomic E-state index is 12.3. The fourth-order valence-corrected chi connectivity index (χ4v) is 3.13. The van der Waals surface area contributed by atoms with Crippen LogP contribution in [0.15, 0.2) is 42.5 Å². The quantitative estimate of drug-likeness (QED) is 0.350. The Labute approximate surface area is 202 Å². The number of hydrogen-bond donors (Lipinski definition) is 3. The lowest BCUT2D eigenvalue weighted by Gasteiger charge is -2.19. The minimum atomic E-state index is -0.686. The van der Waals surface area contributed by atoms with Gasteiger partial charge in [0.1, 0.15) is 12.2 Å². The zero-order valence-electron chi connectivity index (χ0n) is 18.7. The molecule has 178 valence electrons. The number of carbonyl (C=O) groups is 3. The van der Waals surface area contributed by atoms with E-state index in [2.05, 4.69) is 16.0 Å². The van der Waals surface area contributed by atoms with Crippen LogP contribution in [0.1, 0.15) is 26.3 Å². The second kappa shape index (κ2) is 12.3. The van der Waals surface area contributed by atoms with E-state index in [9.17, 15) is 14.4 Å². The highest BCUT2D eigenvalue weighted by Gasteiger charge is 2.16. The minimum Gasteiger partial charge on any atom is -0.464 e. The minimum absolute atomic E-state index is 0.0110. The van der Waals surface area contributed by atoms with E-state index in [-0.39, 0.29) is 26.1 Å². The van der Waals surface area contributed by atoms with Crippen molar-refractivity contribution in [2.24, 2.45) is 0 Å². The first kappa shape index (κ1) is 26.3. The van der Waals surface area contributed by atoms with Crippen LogP contribution in [0.4, 0.5) is 16.2 Å². The van der Waals surface area contributed by atoms with Gasteiger partial charge >= 0.3 is 12.1 Å². The number of alkyl carbamates (subject to hydrolysis) is 1. The molecule has 0 saturated carbocycles. The van der Waals surface area contributed by atoms with Gasteiger partial charge in [-0.25, -0.2) is 4.79 Å². The summed E-state index contributed by atoms with van der Waals surface area (Å²) in [6, 6.07) is 12.4. The highest BCUT2D eigenvalue weighted by atomic mass is 35.5. The molecule has 2 aromatic rings. The summed E-state index contributed by atoms with van der Waals surface area (Å²) in [4.78, 5) is 35.6. The number of hydrogen-bond acceptors (Lipinski definition) is 6. The smallest absolute Gasteiger partial charge is 0.408 e. The van der Waals surface area contributed by atoms with E-state index in [0.29, 0.717) is 27.0 Å². The molecule has 0 aliphatic carbocycles. The van der Waals surface area contributed by atoms with Crippen LogP contribution >= 0.6 is 23.2 Å². The van der Waals surface area contributed by atoms with Gasteiger partial charge in [0.05, 0.1) is 35.2 Å². The van der Waals surface area contributed by atoms with E-state index >= 15 is 0 Å². The van der Waals surface area contributed by atoms with Crippen molar-refractivity contribution in [1.82, 2.24) is 10.6 Å². The number of esters is 1. The lowest BCUT2D eigenvalue weighted by Crippen LogP contribution is -2.40. The monoisotopic (exact) mass is 495 g/mol. The van der Waals surface area contributed by atoms with Crippen LogP contribution in [0, 0.1) is 0 Å². The predicted octanol–water partition coefficient (Wildman–Crippen LogP) is 4.46. The van der Waals surface area contributed by atoms with Crippen LogP contribution < -0.4 is 16.0 Å². The Bertz CT molecular complexity index is 972. The molecule has 0 aliphatic heterocycles. The Hall–Kier alpha value is -2.97. The number of ether oxygens (including phenoxy) is 2. The molecule has 2 rings (SSSR count). The predicted molar refractivity (Wildman–Crippen MR) is 128 cm³/mol. The van der Waals surface area contributed by atoms with Crippen molar-refractivity contribution in [3.8, 4) is 0 Å². The number of anilines is 2. The van der Waals surface area contributed by atoms with Gasteiger partial charge in [-0.15, -0.1) is 0 Å². The Morgan fingerprint density at radius 3 is 2.27 bits per heavy atom. The molecule has 0 fully saturated rings. The molecule has 0 radical (unpaired) electrons. The van der Waals surface area contributed by atoms with Crippen molar-refractivity contribution < 1.29 is 23.9 Å². The molecule has 0 spiro atoms. The average Bonchev–Trinajstić information content (AvgIpc) is 2.72. The van der Waals surface area contributed by atoms with E-state index in [1.54, 1.807) is 57.2 Å². The number of amides is 2. The second-order valence-corrected chi connectivity index (χ2v) is 8.80. The van der Waals surface area contributed by atoms with Gasteiger partial charge in [-0.1, -0.05) is 47.5 Å². The fraction of sp³-hybridized carbons (Fsp3) is 0.348. The molecule has 0 aromatic heterocycles. The van der Waals surface area contributed by atoms with Gasteiger partial charge in [0.2, 0.25) is 5.91 Å². The van der Waals surface area contributed by atoms with Gasteiger partial charge in [-0.2, -0.15) is 0 Å². The SMILES string of the molecule is CC(C)(C)OC(=O)NCC(=O)NCCOC(=O)Cc1ccccc1Nc1c(Cl)cccc1Cl. The lowest BCUT2D eigenvalue weighted by molar-refractivity contribution is -0.143. The molecule has 0 aliphatic rings. The van der Waals surface area contributed by atoms with E-state index < -0.39 is 23.6 Å². The van der Waals surface area contributed by atoms with E-state index in [0.717, 1.165) is 0 Å². The summed E-state index contributed by atoms with van der Waals surface area (Å²) in [5.74, 6) is -0.890. The van der Waals surface area contributed by atoms with E-state index in [1.807, 2.05) is 6.07 Å². The number of para-hydroxylation sites is 2. The molecule has 33 heavy (non-hydrogen) atoms. The molecule has 8 nitrogen and oxygen atoms in total. The van der Waals surface area contributed by atoms with Crippen molar-refractivity contribution >= 4 is 52.5 Å². The summed E-state index contributed by atoms with van der Waals surface area (Å²) in [5.41, 5.74) is 1.27. The van der Waals surface area contributed by atoms with Crippen molar-refractivity contribution in [1.29, 1.82) is 0 Å². The van der Waals surface area contributed by atoms with E-state index in [1.165, 1.54) is 0 Å². The lowest BCUT2D eigenvalue weighted by atomic mass is 10.1. The molecule has 0 saturated heterocycles. The molecule has 2 amide bonds. The Kier molecular flexibility index (Phi) is 9.81. The third-order valence-electron chi connectivity index (χ3n) is 4.05. The number of halogens is 2. The molecule has 0 atom stereocenters. The van der Waals surface area contributed by atoms with Crippen molar-refractivity contribution in [3.63, 3.8) is 0 Å². The van der Waals surface area contributed by atoms with Gasteiger partial charge < -0.3 is 25.4 Å². The maximum atomic E-state index is 12.3. The van der Waals surface area contributed by atoms with Gasteiger partial charge in [-0.3, -0.25) is 9.59 Å². The summed E-state index contributed by atoms with van der Waals surface area (Å²) in [6.07, 6.45) is -0.672. The summed E-state index contributed by atoms with van der Waals surface area (Å²) in [5, 5.41) is 8.97. The molecule has 2 aromatic carbocycles. The molecule has 3 N–H and O–H groups in total. The molecular formula is C23H27Cl2N3O5. The summed E-state index contributed by atoms with van der Waals surface area (Å²) in [7, 11) is 0. The van der Waals surface area contributed by atoms with Crippen LogP contribution in [0.25, 0.3) is 0 Å². The highest BCUT2D eigenvalue weighted by Crippen LogP contribution is 2.33. The summed E-state index contributed by atoms with van der Waals surface area (Å²) in [6.45, 7) is 5.02. The first-order valence-electron chi connectivity index (χ1n) is 10.2.